The van der Waals surface area contributed by atoms with E-state index in [9.17, 15) is 9.59 Å². The van der Waals surface area contributed by atoms with Crippen LogP contribution in [-0.4, -0.2) is 30.1 Å². The van der Waals surface area contributed by atoms with E-state index in [1.165, 1.54) is 0 Å². The Bertz CT molecular complexity index is 470. The minimum atomic E-state index is -0.780. The first-order chi connectivity index (χ1) is 8.99. The molecule has 1 atom stereocenters. The molecule has 5 heteroatoms. The van der Waals surface area contributed by atoms with Gasteiger partial charge >= 0.3 is 5.97 Å². The Morgan fingerprint density at radius 3 is 2.79 bits per heavy atom. The molecule has 1 amide bonds. The molecule has 1 unspecified atom stereocenters. The summed E-state index contributed by atoms with van der Waals surface area (Å²) in [4.78, 5) is 23.3. The van der Waals surface area contributed by atoms with Gasteiger partial charge in [-0.25, -0.2) is 4.79 Å². The second-order valence-corrected chi connectivity index (χ2v) is 4.99. The van der Waals surface area contributed by atoms with E-state index in [1.807, 2.05) is 30.3 Å². The molecule has 1 saturated heterocycles. The number of hydrogen-bond donors (Lipinski definition) is 1. The SMILES string of the molecule is CC1(C)OCC(=O)NC1C(=O)OCc1ccccc1. The molecule has 2 rings (SSSR count). The highest BCUT2D eigenvalue weighted by Gasteiger charge is 2.42. The van der Waals surface area contributed by atoms with E-state index in [2.05, 4.69) is 5.32 Å². The van der Waals surface area contributed by atoms with Gasteiger partial charge in [0.15, 0.2) is 6.04 Å². The van der Waals surface area contributed by atoms with Crippen LogP contribution in [0.2, 0.25) is 0 Å². The zero-order chi connectivity index (χ0) is 13.9. The third-order valence-electron chi connectivity index (χ3n) is 3.04. The first-order valence-electron chi connectivity index (χ1n) is 6.13. The van der Waals surface area contributed by atoms with Crippen LogP contribution in [0.15, 0.2) is 30.3 Å². The summed E-state index contributed by atoms with van der Waals surface area (Å²) >= 11 is 0. The molecule has 0 spiro atoms. The van der Waals surface area contributed by atoms with Crippen molar-refractivity contribution in [2.45, 2.75) is 32.1 Å². The lowest BCUT2D eigenvalue weighted by Crippen LogP contribution is -2.61. The molecule has 0 radical (unpaired) electrons. The Hall–Kier alpha value is -1.88. The predicted molar refractivity (Wildman–Crippen MR) is 68.2 cm³/mol. The Balaban J connectivity index is 1.97. The molecule has 0 aliphatic carbocycles. The second kappa shape index (κ2) is 5.40. The summed E-state index contributed by atoms with van der Waals surface area (Å²) in [7, 11) is 0. The van der Waals surface area contributed by atoms with E-state index < -0.39 is 17.6 Å². The van der Waals surface area contributed by atoms with Crippen LogP contribution in [0.4, 0.5) is 0 Å². The highest BCUT2D eigenvalue weighted by atomic mass is 16.5. The van der Waals surface area contributed by atoms with Crippen molar-refractivity contribution >= 4 is 11.9 Å². The number of esters is 1. The Labute approximate surface area is 111 Å². The highest BCUT2D eigenvalue weighted by Crippen LogP contribution is 2.20. The molecule has 0 bridgehead atoms. The third-order valence-corrected chi connectivity index (χ3v) is 3.04. The molecule has 1 N–H and O–H groups in total. The summed E-state index contributed by atoms with van der Waals surface area (Å²) in [6.07, 6.45) is 0. The van der Waals surface area contributed by atoms with Gasteiger partial charge in [0, 0.05) is 0 Å². The van der Waals surface area contributed by atoms with Crippen molar-refractivity contribution in [3.05, 3.63) is 35.9 Å². The normalized spacial score (nSPS) is 21.6. The summed E-state index contributed by atoms with van der Waals surface area (Å²) in [6.45, 7) is 3.65. The lowest BCUT2D eigenvalue weighted by Gasteiger charge is -2.36. The maximum absolute atomic E-state index is 12.0. The number of carbonyl (C=O) groups excluding carboxylic acids is 2. The zero-order valence-corrected chi connectivity index (χ0v) is 11.0. The Kier molecular flexibility index (Phi) is 3.85. The van der Waals surface area contributed by atoms with Gasteiger partial charge in [-0.1, -0.05) is 30.3 Å². The molecule has 1 aliphatic heterocycles. The number of hydrogen-bond acceptors (Lipinski definition) is 4. The number of carbonyl (C=O) groups is 2. The molecule has 19 heavy (non-hydrogen) atoms. The lowest BCUT2D eigenvalue weighted by molar-refractivity contribution is -0.168. The van der Waals surface area contributed by atoms with Gasteiger partial charge in [-0.15, -0.1) is 0 Å². The number of morpholine rings is 1. The number of ether oxygens (including phenoxy) is 2. The number of rotatable bonds is 3. The van der Waals surface area contributed by atoms with Crippen LogP contribution in [0.25, 0.3) is 0 Å². The van der Waals surface area contributed by atoms with Crippen molar-refractivity contribution in [3.63, 3.8) is 0 Å². The zero-order valence-electron chi connectivity index (χ0n) is 11.0. The number of amides is 1. The fourth-order valence-corrected chi connectivity index (χ4v) is 1.87. The van der Waals surface area contributed by atoms with Crippen LogP contribution < -0.4 is 5.32 Å². The maximum Gasteiger partial charge on any atom is 0.331 e. The van der Waals surface area contributed by atoms with Gasteiger partial charge < -0.3 is 14.8 Å². The summed E-state index contributed by atoms with van der Waals surface area (Å²) in [5.41, 5.74) is 0.138. The second-order valence-electron chi connectivity index (χ2n) is 4.99. The Morgan fingerprint density at radius 1 is 1.42 bits per heavy atom. The molecule has 0 saturated carbocycles. The van der Waals surface area contributed by atoms with E-state index in [0.717, 1.165) is 5.56 Å². The predicted octanol–water partition coefficient (Wildman–Crippen LogP) is 1.02. The fraction of sp³-hybridized carbons (Fsp3) is 0.429. The fourth-order valence-electron chi connectivity index (χ4n) is 1.87. The van der Waals surface area contributed by atoms with Crippen molar-refractivity contribution in [2.75, 3.05) is 6.61 Å². The smallest absolute Gasteiger partial charge is 0.331 e. The molecular formula is C14H17NO4. The van der Waals surface area contributed by atoms with Crippen LogP contribution in [0, 0.1) is 0 Å². The first kappa shape index (κ1) is 13.5. The molecule has 1 aromatic rings. The Morgan fingerprint density at radius 2 is 2.11 bits per heavy atom. The topological polar surface area (TPSA) is 64.6 Å². The largest absolute Gasteiger partial charge is 0.459 e. The van der Waals surface area contributed by atoms with Crippen LogP contribution >= 0.6 is 0 Å². The minimum absolute atomic E-state index is 0.0323. The average molecular weight is 263 g/mol. The van der Waals surface area contributed by atoms with Crippen molar-refractivity contribution in [3.8, 4) is 0 Å². The van der Waals surface area contributed by atoms with Crippen LogP contribution in [0.1, 0.15) is 19.4 Å². The molecule has 102 valence electrons. The quantitative estimate of drug-likeness (QED) is 0.827. The van der Waals surface area contributed by atoms with Crippen molar-refractivity contribution in [1.29, 1.82) is 0 Å². The number of benzene rings is 1. The van der Waals surface area contributed by atoms with Crippen LogP contribution in [0.3, 0.4) is 0 Å². The van der Waals surface area contributed by atoms with Crippen LogP contribution in [0.5, 0.6) is 0 Å². The number of nitrogens with one attached hydrogen (secondary N) is 1. The van der Waals surface area contributed by atoms with E-state index in [4.69, 9.17) is 9.47 Å². The van der Waals surface area contributed by atoms with Crippen molar-refractivity contribution < 1.29 is 19.1 Å². The van der Waals surface area contributed by atoms with Crippen LogP contribution in [-0.2, 0) is 25.7 Å². The van der Waals surface area contributed by atoms with Crippen molar-refractivity contribution in [2.24, 2.45) is 0 Å². The summed E-state index contributed by atoms with van der Waals surface area (Å²) in [6, 6.07) is 8.60. The van der Waals surface area contributed by atoms with Gasteiger partial charge in [-0.3, -0.25) is 4.79 Å². The monoisotopic (exact) mass is 263 g/mol. The maximum atomic E-state index is 12.0. The van der Waals surface area contributed by atoms with E-state index in [-0.39, 0.29) is 19.1 Å². The summed E-state index contributed by atoms with van der Waals surface area (Å²) in [5.74, 6) is -0.789. The van der Waals surface area contributed by atoms with Gasteiger partial charge in [0.25, 0.3) is 0 Å². The molecule has 1 heterocycles. The van der Waals surface area contributed by atoms with E-state index in [1.54, 1.807) is 13.8 Å². The molecule has 1 aliphatic rings. The highest BCUT2D eigenvalue weighted by molar-refractivity contribution is 5.87. The van der Waals surface area contributed by atoms with Gasteiger partial charge in [0.05, 0.1) is 5.60 Å². The van der Waals surface area contributed by atoms with Gasteiger partial charge in [0.1, 0.15) is 13.2 Å². The van der Waals surface area contributed by atoms with Gasteiger partial charge in [0.2, 0.25) is 5.91 Å². The first-order valence-corrected chi connectivity index (χ1v) is 6.13. The molecule has 1 fully saturated rings. The summed E-state index contributed by atoms with van der Waals surface area (Å²) in [5, 5.41) is 2.60. The standard InChI is InChI=1S/C14H17NO4/c1-14(2)12(15-11(16)9-19-14)13(17)18-8-10-6-4-3-5-7-10/h3-7,12H,8-9H2,1-2H3,(H,15,16). The molecule has 5 nitrogen and oxygen atoms in total. The molecule has 0 aromatic heterocycles. The van der Waals surface area contributed by atoms with Gasteiger partial charge in [-0.2, -0.15) is 0 Å². The molecular weight excluding hydrogens is 246 g/mol. The van der Waals surface area contributed by atoms with E-state index in [0.29, 0.717) is 0 Å². The average Bonchev–Trinajstić information content (AvgIpc) is 2.40. The minimum Gasteiger partial charge on any atom is -0.459 e. The molecule has 1 aromatic carbocycles. The van der Waals surface area contributed by atoms with E-state index >= 15 is 0 Å². The van der Waals surface area contributed by atoms with Gasteiger partial charge in [-0.05, 0) is 19.4 Å². The summed E-state index contributed by atoms with van der Waals surface area (Å²) < 4.78 is 10.6. The third kappa shape index (κ3) is 3.32. The lowest BCUT2D eigenvalue weighted by atomic mass is 9.97. The van der Waals surface area contributed by atoms with Crippen molar-refractivity contribution in [1.82, 2.24) is 5.32 Å².